The Labute approximate surface area is 121 Å². The zero-order chi connectivity index (χ0) is 14.0. The SMILES string of the molecule is COc1ccc(OC)c(Cc2nc(C)n(C)c2Br)c1. The maximum absolute atomic E-state index is 5.39. The Morgan fingerprint density at radius 1 is 1.26 bits per heavy atom. The van der Waals surface area contributed by atoms with Crippen molar-refractivity contribution < 1.29 is 9.47 Å². The van der Waals surface area contributed by atoms with E-state index in [1.165, 1.54) is 0 Å². The average Bonchev–Trinajstić information content (AvgIpc) is 2.66. The number of methoxy groups -OCH3 is 2. The minimum Gasteiger partial charge on any atom is -0.497 e. The second-order valence-corrected chi connectivity index (χ2v) is 5.06. The molecule has 0 atom stereocenters. The number of aromatic nitrogens is 2. The van der Waals surface area contributed by atoms with Crippen LogP contribution in [0.1, 0.15) is 17.1 Å². The highest BCUT2D eigenvalue weighted by Gasteiger charge is 2.13. The number of imidazole rings is 1. The summed E-state index contributed by atoms with van der Waals surface area (Å²) in [7, 11) is 5.31. The van der Waals surface area contributed by atoms with Crippen LogP contribution < -0.4 is 9.47 Å². The number of nitrogens with zero attached hydrogens (tertiary/aromatic N) is 2. The van der Waals surface area contributed by atoms with Crippen LogP contribution in [0.3, 0.4) is 0 Å². The van der Waals surface area contributed by atoms with Gasteiger partial charge in [0.25, 0.3) is 0 Å². The number of ether oxygens (including phenoxy) is 2. The van der Waals surface area contributed by atoms with Gasteiger partial charge in [-0.3, -0.25) is 0 Å². The van der Waals surface area contributed by atoms with Gasteiger partial charge in [0, 0.05) is 19.0 Å². The van der Waals surface area contributed by atoms with Gasteiger partial charge >= 0.3 is 0 Å². The van der Waals surface area contributed by atoms with Crippen LogP contribution >= 0.6 is 15.9 Å². The minimum atomic E-state index is 0.697. The van der Waals surface area contributed by atoms with E-state index in [1.54, 1.807) is 14.2 Å². The largest absolute Gasteiger partial charge is 0.497 e. The van der Waals surface area contributed by atoms with E-state index in [0.29, 0.717) is 6.42 Å². The molecule has 0 radical (unpaired) electrons. The molecule has 2 rings (SSSR count). The smallest absolute Gasteiger partial charge is 0.122 e. The van der Waals surface area contributed by atoms with E-state index in [1.807, 2.05) is 36.7 Å². The molecular formula is C14H17BrN2O2. The predicted octanol–water partition coefficient (Wildman–Crippen LogP) is 3.10. The second-order valence-electron chi connectivity index (χ2n) is 4.31. The lowest BCUT2D eigenvalue weighted by Gasteiger charge is -2.09. The molecule has 0 bridgehead atoms. The Morgan fingerprint density at radius 3 is 2.53 bits per heavy atom. The molecule has 2 aromatic rings. The summed E-state index contributed by atoms with van der Waals surface area (Å²) in [5.74, 6) is 2.64. The first-order chi connectivity index (χ1) is 9.06. The molecule has 0 aliphatic carbocycles. The first-order valence-electron chi connectivity index (χ1n) is 5.95. The number of rotatable bonds is 4. The Kier molecular flexibility index (Phi) is 4.14. The molecular weight excluding hydrogens is 308 g/mol. The van der Waals surface area contributed by atoms with Crippen LogP contribution in [-0.4, -0.2) is 23.8 Å². The Balaban J connectivity index is 2.38. The molecule has 0 spiro atoms. The topological polar surface area (TPSA) is 36.3 Å². The molecule has 0 N–H and O–H groups in total. The first kappa shape index (κ1) is 13.9. The van der Waals surface area contributed by atoms with Crippen molar-refractivity contribution in [3.05, 3.63) is 39.9 Å². The van der Waals surface area contributed by atoms with Gasteiger partial charge in [0.2, 0.25) is 0 Å². The van der Waals surface area contributed by atoms with E-state index in [2.05, 4.69) is 20.9 Å². The summed E-state index contributed by atoms with van der Waals surface area (Å²) in [5, 5.41) is 0. The third-order valence-electron chi connectivity index (χ3n) is 3.16. The summed E-state index contributed by atoms with van der Waals surface area (Å²) < 4.78 is 13.7. The van der Waals surface area contributed by atoms with Gasteiger partial charge in [0.15, 0.2) is 0 Å². The molecule has 0 saturated heterocycles. The molecule has 4 nitrogen and oxygen atoms in total. The zero-order valence-corrected chi connectivity index (χ0v) is 13.1. The van der Waals surface area contributed by atoms with Gasteiger partial charge in [-0.1, -0.05) is 0 Å². The van der Waals surface area contributed by atoms with Crippen molar-refractivity contribution in [1.29, 1.82) is 0 Å². The third-order valence-corrected chi connectivity index (χ3v) is 4.15. The highest BCUT2D eigenvalue weighted by molar-refractivity contribution is 9.10. The van der Waals surface area contributed by atoms with Crippen molar-refractivity contribution in [3.63, 3.8) is 0 Å². The highest BCUT2D eigenvalue weighted by Crippen LogP contribution is 2.28. The predicted molar refractivity (Wildman–Crippen MR) is 78.0 cm³/mol. The number of halogens is 1. The second kappa shape index (κ2) is 5.65. The lowest BCUT2D eigenvalue weighted by molar-refractivity contribution is 0.399. The Bertz CT molecular complexity index is 593. The van der Waals surface area contributed by atoms with E-state index < -0.39 is 0 Å². The molecule has 0 amide bonds. The van der Waals surface area contributed by atoms with Crippen molar-refractivity contribution in [2.75, 3.05) is 14.2 Å². The van der Waals surface area contributed by atoms with E-state index in [4.69, 9.17) is 9.47 Å². The molecule has 5 heteroatoms. The highest BCUT2D eigenvalue weighted by atomic mass is 79.9. The number of aryl methyl sites for hydroxylation is 1. The summed E-state index contributed by atoms with van der Waals surface area (Å²) in [4.78, 5) is 4.56. The zero-order valence-electron chi connectivity index (χ0n) is 11.5. The monoisotopic (exact) mass is 324 g/mol. The molecule has 1 aromatic heterocycles. The maximum Gasteiger partial charge on any atom is 0.122 e. The van der Waals surface area contributed by atoms with Crippen LogP contribution in [0.25, 0.3) is 0 Å². The maximum atomic E-state index is 5.39. The number of hydrogen-bond donors (Lipinski definition) is 0. The van der Waals surface area contributed by atoms with E-state index in [9.17, 15) is 0 Å². The quantitative estimate of drug-likeness (QED) is 0.867. The summed E-state index contributed by atoms with van der Waals surface area (Å²) in [6.07, 6.45) is 0.697. The fourth-order valence-corrected chi connectivity index (χ4v) is 2.45. The lowest BCUT2D eigenvalue weighted by Crippen LogP contribution is -1.96. The van der Waals surface area contributed by atoms with Gasteiger partial charge in [-0.25, -0.2) is 4.98 Å². The summed E-state index contributed by atoms with van der Waals surface area (Å²) >= 11 is 3.57. The molecule has 0 saturated carbocycles. The van der Waals surface area contributed by atoms with Crippen LogP contribution in [0.2, 0.25) is 0 Å². The average molecular weight is 325 g/mol. The van der Waals surface area contributed by atoms with E-state index >= 15 is 0 Å². The van der Waals surface area contributed by atoms with Gasteiger partial charge in [0.05, 0.1) is 19.9 Å². The summed E-state index contributed by atoms with van der Waals surface area (Å²) in [6, 6.07) is 5.79. The minimum absolute atomic E-state index is 0.697. The van der Waals surface area contributed by atoms with Crippen LogP contribution in [-0.2, 0) is 13.5 Å². The van der Waals surface area contributed by atoms with Crippen molar-refractivity contribution in [2.24, 2.45) is 7.05 Å². The van der Waals surface area contributed by atoms with Gasteiger partial charge in [-0.15, -0.1) is 0 Å². The molecule has 102 valence electrons. The van der Waals surface area contributed by atoms with Crippen LogP contribution in [0.4, 0.5) is 0 Å². The standard InChI is InChI=1S/C14H17BrN2O2/c1-9-16-12(14(15)17(9)2)8-10-7-11(18-3)5-6-13(10)19-4/h5-7H,8H2,1-4H3. The van der Waals surface area contributed by atoms with E-state index in [-0.39, 0.29) is 0 Å². The molecule has 0 unspecified atom stereocenters. The molecule has 1 aromatic carbocycles. The molecule has 19 heavy (non-hydrogen) atoms. The number of hydrogen-bond acceptors (Lipinski definition) is 3. The Hall–Kier alpha value is -1.49. The molecule has 0 fully saturated rings. The van der Waals surface area contributed by atoms with Gasteiger partial charge < -0.3 is 14.0 Å². The molecule has 0 aliphatic rings. The fraction of sp³-hybridized carbons (Fsp3) is 0.357. The normalized spacial score (nSPS) is 10.6. The van der Waals surface area contributed by atoms with Crippen molar-refractivity contribution >= 4 is 15.9 Å². The van der Waals surface area contributed by atoms with Crippen molar-refractivity contribution in [1.82, 2.24) is 9.55 Å². The molecule has 0 aliphatic heterocycles. The van der Waals surface area contributed by atoms with Gasteiger partial charge in [0.1, 0.15) is 21.9 Å². The third kappa shape index (κ3) is 2.76. The summed E-state index contributed by atoms with van der Waals surface area (Å²) in [5.41, 5.74) is 2.05. The van der Waals surface area contributed by atoms with Gasteiger partial charge in [-0.2, -0.15) is 0 Å². The van der Waals surface area contributed by atoms with Gasteiger partial charge in [-0.05, 0) is 41.1 Å². The first-order valence-corrected chi connectivity index (χ1v) is 6.74. The van der Waals surface area contributed by atoms with Crippen molar-refractivity contribution in [3.8, 4) is 11.5 Å². The van der Waals surface area contributed by atoms with E-state index in [0.717, 1.165) is 33.2 Å². The fourth-order valence-electron chi connectivity index (χ4n) is 1.97. The summed E-state index contributed by atoms with van der Waals surface area (Å²) in [6.45, 7) is 1.98. The number of benzene rings is 1. The van der Waals surface area contributed by atoms with Crippen LogP contribution in [0.5, 0.6) is 11.5 Å². The lowest BCUT2D eigenvalue weighted by atomic mass is 10.1. The van der Waals surface area contributed by atoms with Crippen molar-refractivity contribution in [2.45, 2.75) is 13.3 Å². The molecule has 1 heterocycles. The Morgan fingerprint density at radius 2 is 2.00 bits per heavy atom. The van der Waals surface area contributed by atoms with Crippen LogP contribution in [0, 0.1) is 6.92 Å². The van der Waals surface area contributed by atoms with Crippen LogP contribution in [0.15, 0.2) is 22.8 Å².